The van der Waals surface area contributed by atoms with Crippen LogP contribution in [0, 0.1) is 0 Å². The molecule has 0 aromatic carbocycles. The molecule has 0 aliphatic carbocycles. The van der Waals surface area contributed by atoms with Crippen LogP contribution in [0.3, 0.4) is 0 Å². The minimum atomic E-state index is -3.50. The van der Waals surface area contributed by atoms with E-state index in [4.69, 9.17) is 4.74 Å². The summed E-state index contributed by atoms with van der Waals surface area (Å²) in [4.78, 5) is 17.3. The molecule has 0 N–H and O–H groups in total. The van der Waals surface area contributed by atoms with Crippen molar-refractivity contribution >= 4 is 15.9 Å². The van der Waals surface area contributed by atoms with Crippen LogP contribution in [0.1, 0.15) is 20.8 Å². The first-order valence-electron chi connectivity index (χ1n) is 6.47. The number of ether oxygens (including phenoxy) is 1. The fourth-order valence-corrected chi connectivity index (χ4v) is 2.14. The number of amides is 1. The van der Waals surface area contributed by atoms with Gasteiger partial charge in [-0.15, -0.1) is 5.10 Å². The Morgan fingerprint density at radius 3 is 2.65 bits per heavy atom. The van der Waals surface area contributed by atoms with Crippen molar-refractivity contribution < 1.29 is 17.9 Å². The summed E-state index contributed by atoms with van der Waals surface area (Å²) in [6, 6.07) is -0.419. The number of aromatic nitrogens is 3. The van der Waals surface area contributed by atoms with E-state index >= 15 is 0 Å². The van der Waals surface area contributed by atoms with E-state index in [1.165, 1.54) is 11.8 Å². The van der Waals surface area contributed by atoms with E-state index in [0.29, 0.717) is 26.3 Å². The second-order valence-corrected chi connectivity index (χ2v) is 6.11. The molecule has 0 atom stereocenters. The van der Waals surface area contributed by atoms with Gasteiger partial charge in [-0.25, -0.2) is 18.2 Å². The van der Waals surface area contributed by atoms with Gasteiger partial charge in [-0.1, -0.05) is 6.92 Å². The molecular formula is C11H20N4O4S. The number of hydrogen-bond acceptors (Lipinski definition) is 6. The first kappa shape index (κ1) is 16.6. The third kappa shape index (κ3) is 4.01. The molecule has 0 aliphatic heterocycles. The van der Waals surface area contributed by atoms with Gasteiger partial charge in [0.2, 0.25) is 9.84 Å². The number of likely N-dealkylation sites (N-methyl/N-ethyl adjacent to an activating group) is 1. The number of carbonyl (C=O) groups excluding carboxylic acids is 1. The van der Waals surface area contributed by atoms with E-state index in [2.05, 4.69) is 10.1 Å². The summed E-state index contributed by atoms with van der Waals surface area (Å²) in [6.07, 6.45) is 1.12. The van der Waals surface area contributed by atoms with Gasteiger partial charge in [0.25, 0.3) is 5.16 Å². The minimum Gasteiger partial charge on any atom is -0.380 e. The second kappa shape index (κ2) is 7.34. The summed E-state index contributed by atoms with van der Waals surface area (Å²) < 4.78 is 29.3. The Balaban J connectivity index is 2.81. The maximum Gasteiger partial charge on any atom is 0.346 e. The summed E-state index contributed by atoms with van der Waals surface area (Å²) in [6.45, 7) is 7.08. The Morgan fingerprint density at radius 1 is 1.40 bits per heavy atom. The first-order chi connectivity index (χ1) is 9.46. The summed E-state index contributed by atoms with van der Waals surface area (Å²) in [5.41, 5.74) is 0. The Morgan fingerprint density at radius 2 is 2.10 bits per heavy atom. The molecule has 1 rings (SSSR count). The van der Waals surface area contributed by atoms with E-state index < -0.39 is 15.9 Å². The molecule has 1 aromatic rings. The third-order valence-corrected chi connectivity index (χ3v) is 4.19. The van der Waals surface area contributed by atoms with Crippen molar-refractivity contribution in [3.63, 3.8) is 0 Å². The van der Waals surface area contributed by atoms with Crippen molar-refractivity contribution in [3.05, 3.63) is 6.33 Å². The highest BCUT2D eigenvalue weighted by atomic mass is 32.2. The molecule has 1 aromatic heterocycles. The smallest absolute Gasteiger partial charge is 0.346 e. The molecule has 1 heterocycles. The highest BCUT2D eigenvalue weighted by Crippen LogP contribution is 2.04. The van der Waals surface area contributed by atoms with Crippen LogP contribution in [0.25, 0.3) is 0 Å². The first-order valence-corrected chi connectivity index (χ1v) is 8.12. The van der Waals surface area contributed by atoms with Gasteiger partial charge in [0.05, 0.1) is 12.4 Å². The molecule has 114 valence electrons. The zero-order valence-electron chi connectivity index (χ0n) is 11.9. The van der Waals surface area contributed by atoms with Crippen molar-refractivity contribution in [3.8, 4) is 0 Å². The van der Waals surface area contributed by atoms with Gasteiger partial charge < -0.3 is 9.64 Å². The van der Waals surface area contributed by atoms with Crippen LogP contribution in [0.2, 0.25) is 0 Å². The summed E-state index contributed by atoms with van der Waals surface area (Å²) in [5, 5.41) is 3.41. The minimum absolute atomic E-state index is 0.104. The lowest BCUT2D eigenvalue weighted by molar-refractivity contribution is 0.120. The Labute approximate surface area is 118 Å². The van der Waals surface area contributed by atoms with Crippen molar-refractivity contribution in [2.24, 2.45) is 0 Å². The fourth-order valence-electron chi connectivity index (χ4n) is 1.46. The van der Waals surface area contributed by atoms with Crippen LogP contribution in [-0.2, 0) is 14.6 Å². The number of carbonyl (C=O) groups is 1. The lowest BCUT2D eigenvalue weighted by Gasteiger charge is -2.19. The Hall–Kier alpha value is -1.48. The molecule has 9 heteroatoms. The zero-order chi connectivity index (χ0) is 15.2. The second-order valence-electron chi connectivity index (χ2n) is 3.93. The third-order valence-electron chi connectivity index (χ3n) is 2.69. The molecule has 20 heavy (non-hydrogen) atoms. The van der Waals surface area contributed by atoms with Gasteiger partial charge in [-0.05, 0) is 13.8 Å². The molecule has 0 radical (unpaired) electrons. The quantitative estimate of drug-likeness (QED) is 0.677. The van der Waals surface area contributed by atoms with Crippen molar-refractivity contribution in [1.29, 1.82) is 0 Å². The van der Waals surface area contributed by atoms with Crippen LogP contribution in [0.15, 0.2) is 11.5 Å². The van der Waals surface area contributed by atoms with Gasteiger partial charge in [0, 0.05) is 19.7 Å². The lowest BCUT2D eigenvalue weighted by atomic mass is 10.5. The predicted octanol–water partition coefficient (Wildman–Crippen LogP) is 0.398. The van der Waals surface area contributed by atoms with Gasteiger partial charge in [0.15, 0.2) is 0 Å². The standard InChI is InChI=1S/C11H20N4O4S/c1-4-14(7-8-19-5-2)11(16)15-9-12-10(13-15)20(17,18)6-3/h9H,4-8H2,1-3H3. The molecule has 0 aliphatic rings. The topological polar surface area (TPSA) is 94.4 Å². The SMILES string of the molecule is CCOCCN(CC)C(=O)n1cnc(S(=O)(=O)CC)n1. The maximum absolute atomic E-state index is 12.1. The van der Waals surface area contributed by atoms with E-state index in [1.54, 1.807) is 0 Å². The number of nitrogens with zero attached hydrogens (tertiary/aromatic N) is 4. The average Bonchev–Trinajstić information content (AvgIpc) is 2.93. The Bertz CT molecular complexity index is 540. The van der Waals surface area contributed by atoms with Crippen LogP contribution in [0.5, 0.6) is 0 Å². The van der Waals surface area contributed by atoms with Gasteiger partial charge in [-0.2, -0.15) is 4.68 Å². The molecule has 8 nitrogen and oxygen atoms in total. The summed E-state index contributed by atoms with van der Waals surface area (Å²) in [5.74, 6) is -0.104. The van der Waals surface area contributed by atoms with E-state index in [9.17, 15) is 13.2 Å². The van der Waals surface area contributed by atoms with Crippen LogP contribution in [-0.4, -0.2) is 66.2 Å². The molecular weight excluding hydrogens is 284 g/mol. The van der Waals surface area contributed by atoms with Crippen LogP contribution < -0.4 is 0 Å². The number of hydrogen-bond donors (Lipinski definition) is 0. The van der Waals surface area contributed by atoms with Crippen LogP contribution in [0.4, 0.5) is 4.79 Å². The molecule has 0 bridgehead atoms. The molecule has 0 saturated heterocycles. The largest absolute Gasteiger partial charge is 0.380 e. The van der Waals surface area contributed by atoms with Crippen LogP contribution >= 0.6 is 0 Å². The number of sulfone groups is 1. The lowest BCUT2D eigenvalue weighted by Crippen LogP contribution is -2.37. The molecule has 0 saturated carbocycles. The molecule has 0 spiro atoms. The van der Waals surface area contributed by atoms with Gasteiger partial charge >= 0.3 is 6.03 Å². The highest BCUT2D eigenvalue weighted by Gasteiger charge is 2.21. The highest BCUT2D eigenvalue weighted by molar-refractivity contribution is 7.91. The van der Waals surface area contributed by atoms with Gasteiger partial charge in [0.1, 0.15) is 6.33 Å². The van der Waals surface area contributed by atoms with E-state index in [0.717, 1.165) is 11.0 Å². The maximum atomic E-state index is 12.1. The summed E-state index contributed by atoms with van der Waals surface area (Å²) in [7, 11) is -3.50. The van der Waals surface area contributed by atoms with Crippen molar-refractivity contribution in [2.45, 2.75) is 25.9 Å². The zero-order valence-corrected chi connectivity index (χ0v) is 12.8. The molecule has 1 amide bonds. The number of rotatable bonds is 7. The fraction of sp³-hybridized carbons (Fsp3) is 0.727. The van der Waals surface area contributed by atoms with E-state index in [-0.39, 0.29) is 10.9 Å². The molecule has 0 fully saturated rings. The average molecular weight is 304 g/mol. The normalized spacial score (nSPS) is 11.6. The van der Waals surface area contributed by atoms with E-state index in [1.807, 2.05) is 13.8 Å². The van der Waals surface area contributed by atoms with Crippen molar-refractivity contribution in [2.75, 3.05) is 32.1 Å². The predicted molar refractivity (Wildman–Crippen MR) is 72.3 cm³/mol. The summed E-state index contributed by atoms with van der Waals surface area (Å²) >= 11 is 0. The molecule has 0 unspecified atom stereocenters. The van der Waals surface area contributed by atoms with Crippen molar-refractivity contribution in [1.82, 2.24) is 19.7 Å². The Kier molecular flexibility index (Phi) is 6.08. The monoisotopic (exact) mass is 304 g/mol. The van der Waals surface area contributed by atoms with Gasteiger partial charge in [-0.3, -0.25) is 0 Å².